The van der Waals surface area contributed by atoms with Gasteiger partial charge in [0.25, 0.3) is 5.91 Å². The Morgan fingerprint density at radius 1 is 1.25 bits per heavy atom. The Hall–Kier alpha value is -1.56. The van der Waals surface area contributed by atoms with Crippen molar-refractivity contribution in [1.29, 1.82) is 0 Å². The van der Waals surface area contributed by atoms with Crippen molar-refractivity contribution in [2.75, 3.05) is 26.8 Å². The van der Waals surface area contributed by atoms with Crippen LogP contribution in [0.25, 0.3) is 0 Å². The van der Waals surface area contributed by atoms with Gasteiger partial charge in [-0.25, -0.2) is 13.2 Å². The fraction of sp³-hybridized carbons (Fsp3) is 0.500. The largest absolute Gasteiger partial charge is 0.381 e. The summed E-state index contributed by atoms with van der Waals surface area (Å²) in [5.74, 6) is -4.71. The number of nitrogens with zero attached hydrogens (tertiary/aromatic N) is 1. The molecule has 0 saturated carbocycles. The highest BCUT2D eigenvalue weighted by Crippen LogP contribution is 2.19. The number of amides is 1. The summed E-state index contributed by atoms with van der Waals surface area (Å²) < 4.78 is 44.8. The van der Waals surface area contributed by atoms with E-state index in [4.69, 9.17) is 4.74 Å². The summed E-state index contributed by atoms with van der Waals surface area (Å²) in [6, 6.07) is 1.73. The van der Waals surface area contributed by atoms with E-state index in [0.717, 1.165) is 25.0 Å². The van der Waals surface area contributed by atoms with Gasteiger partial charge in [0.1, 0.15) is 0 Å². The molecule has 6 heteroatoms. The van der Waals surface area contributed by atoms with Gasteiger partial charge in [-0.15, -0.1) is 0 Å². The van der Waals surface area contributed by atoms with Crippen LogP contribution in [0.3, 0.4) is 0 Å². The predicted molar refractivity (Wildman–Crippen MR) is 66.8 cm³/mol. The van der Waals surface area contributed by atoms with Gasteiger partial charge in [-0.3, -0.25) is 4.79 Å². The second kappa shape index (κ2) is 6.26. The highest BCUT2D eigenvalue weighted by Gasteiger charge is 2.24. The monoisotopic (exact) mass is 287 g/mol. The van der Waals surface area contributed by atoms with Crippen molar-refractivity contribution in [3.05, 3.63) is 35.1 Å². The van der Waals surface area contributed by atoms with Crippen molar-refractivity contribution in [3.63, 3.8) is 0 Å². The third-order valence-corrected chi connectivity index (χ3v) is 3.49. The van der Waals surface area contributed by atoms with Crippen LogP contribution >= 0.6 is 0 Å². The number of halogens is 3. The molecule has 20 heavy (non-hydrogen) atoms. The van der Waals surface area contributed by atoms with E-state index in [0.29, 0.717) is 19.8 Å². The van der Waals surface area contributed by atoms with E-state index < -0.39 is 28.9 Å². The van der Waals surface area contributed by atoms with Gasteiger partial charge in [0.05, 0.1) is 5.56 Å². The lowest BCUT2D eigenvalue weighted by Crippen LogP contribution is -2.34. The van der Waals surface area contributed by atoms with Crippen LogP contribution in [0.4, 0.5) is 13.2 Å². The van der Waals surface area contributed by atoms with Crippen molar-refractivity contribution in [2.45, 2.75) is 12.8 Å². The molecule has 1 aromatic carbocycles. The number of carbonyl (C=O) groups excluding carboxylic acids is 1. The van der Waals surface area contributed by atoms with Crippen LogP contribution in [0.15, 0.2) is 12.1 Å². The molecule has 0 unspecified atom stereocenters. The third-order valence-electron chi connectivity index (χ3n) is 3.49. The molecule has 0 aliphatic carbocycles. The van der Waals surface area contributed by atoms with Crippen LogP contribution in [-0.2, 0) is 4.74 Å². The second-order valence-electron chi connectivity index (χ2n) is 4.96. The third kappa shape index (κ3) is 3.12. The van der Waals surface area contributed by atoms with Crippen molar-refractivity contribution < 1.29 is 22.7 Å². The molecule has 110 valence electrons. The smallest absolute Gasteiger partial charge is 0.256 e. The molecule has 2 rings (SSSR count). The van der Waals surface area contributed by atoms with E-state index >= 15 is 0 Å². The molecule has 1 aliphatic heterocycles. The van der Waals surface area contributed by atoms with E-state index in [-0.39, 0.29) is 5.92 Å². The highest BCUT2D eigenvalue weighted by atomic mass is 19.2. The van der Waals surface area contributed by atoms with E-state index in [1.165, 1.54) is 11.9 Å². The van der Waals surface area contributed by atoms with Gasteiger partial charge in [-0.2, -0.15) is 0 Å². The second-order valence-corrected chi connectivity index (χ2v) is 4.96. The van der Waals surface area contributed by atoms with Crippen LogP contribution < -0.4 is 0 Å². The summed E-state index contributed by atoms with van der Waals surface area (Å²) in [7, 11) is 1.53. The number of hydrogen-bond donors (Lipinski definition) is 0. The van der Waals surface area contributed by atoms with Crippen molar-refractivity contribution >= 4 is 5.91 Å². The molecule has 3 nitrogen and oxygen atoms in total. The first-order chi connectivity index (χ1) is 9.50. The lowest BCUT2D eigenvalue weighted by molar-refractivity contribution is 0.0495. The molecule has 1 heterocycles. The lowest BCUT2D eigenvalue weighted by atomic mass is 9.99. The van der Waals surface area contributed by atoms with Crippen LogP contribution in [0.1, 0.15) is 23.2 Å². The Bertz CT molecular complexity index is 501. The quantitative estimate of drug-likeness (QED) is 0.800. The fourth-order valence-corrected chi connectivity index (χ4v) is 2.30. The zero-order valence-corrected chi connectivity index (χ0v) is 11.2. The summed E-state index contributed by atoms with van der Waals surface area (Å²) in [5.41, 5.74) is -0.446. The van der Waals surface area contributed by atoms with E-state index in [1.54, 1.807) is 0 Å². The minimum absolute atomic E-state index is 0.283. The number of ether oxygens (including phenoxy) is 1. The Balaban J connectivity index is 2.08. The van der Waals surface area contributed by atoms with Gasteiger partial charge in [-0.05, 0) is 30.9 Å². The minimum atomic E-state index is -1.62. The molecule has 0 aromatic heterocycles. The normalized spacial score (nSPS) is 16.2. The van der Waals surface area contributed by atoms with Crippen LogP contribution in [0, 0.1) is 23.4 Å². The van der Waals surface area contributed by atoms with E-state index in [1.807, 2.05) is 0 Å². The maximum atomic E-state index is 13.6. The number of benzene rings is 1. The topological polar surface area (TPSA) is 29.5 Å². The minimum Gasteiger partial charge on any atom is -0.381 e. The number of hydrogen-bond acceptors (Lipinski definition) is 2. The van der Waals surface area contributed by atoms with Gasteiger partial charge in [0.2, 0.25) is 0 Å². The summed E-state index contributed by atoms with van der Waals surface area (Å²) >= 11 is 0. The van der Waals surface area contributed by atoms with Gasteiger partial charge >= 0.3 is 0 Å². The average molecular weight is 287 g/mol. The van der Waals surface area contributed by atoms with Gasteiger partial charge in [0, 0.05) is 26.8 Å². The zero-order valence-electron chi connectivity index (χ0n) is 11.2. The first-order valence-electron chi connectivity index (χ1n) is 6.47. The molecule has 1 amide bonds. The molecule has 0 N–H and O–H groups in total. The van der Waals surface area contributed by atoms with Crippen LogP contribution in [0.2, 0.25) is 0 Å². The van der Waals surface area contributed by atoms with Gasteiger partial charge in [0.15, 0.2) is 17.5 Å². The molecular weight excluding hydrogens is 271 g/mol. The Kier molecular flexibility index (Phi) is 4.65. The summed E-state index contributed by atoms with van der Waals surface area (Å²) in [6.45, 7) is 1.74. The maximum Gasteiger partial charge on any atom is 0.256 e. The van der Waals surface area contributed by atoms with Crippen LogP contribution in [0.5, 0.6) is 0 Å². The number of rotatable bonds is 3. The van der Waals surface area contributed by atoms with Crippen LogP contribution in [-0.4, -0.2) is 37.6 Å². The molecule has 1 fully saturated rings. The molecule has 1 aromatic rings. The van der Waals surface area contributed by atoms with Crippen molar-refractivity contribution in [1.82, 2.24) is 4.90 Å². The number of carbonyl (C=O) groups is 1. The predicted octanol–water partition coefficient (Wildman–Crippen LogP) is 2.60. The van der Waals surface area contributed by atoms with E-state index in [9.17, 15) is 18.0 Å². The molecule has 0 atom stereocenters. The average Bonchev–Trinajstić information content (AvgIpc) is 2.45. The molecule has 1 aliphatic rings. The molecule has 0 bridgehead atoms. The summed E-state index contributed by atoms with van der Waals surface area (Å²) in [4.78, 5) is 13.4. The highest BCUT2D eigenvalue weighted by molar-refractivity contribution is 5.94. The van der Waals surface area contributed by atoms with Crippen molar-refractivity contribution in [3.8, 4) is 0 Å². The maximum absolute atomic E-state index is 13.6. The zero-order chi connectivity index (χ0) is 14.7. The molecule has 1 saturated heterocycles. The Morgan fingerprint density at radius 2 is 1.90 bits per heavy atom. The standard InChI is InChI=1S/C14H16F3NO2/c1-18(8-9-4-6-20-7-5-9)14(19)10-2-3-11(15)13(17)12(10)16/h2-3,9H,4-8H2,1H3. The Labute approximate surface area is 115 Å². The molecule has 0 spiro atoms. The molecule has 0 radical (unpaired) electrons. The molecular formula is C14H16F3NO2. The van der Waals surface area contributed by atoms with Gasteiger partial charge in [-0.1, -0.05) is 0 Å². The first-order valence-corrected chi connectivity index (χ1v) is 6.47. The Morgan fingerprint density at radius 3 is 2.55 bits per heavy atom. The summed E-state index contributed by atoms with van der Waals surface area (Å²) in [5, 5.41) is 0. The first kappa shape index (κ1) is 14.8. The SMILES string of the molecule is CN(CC1CCOCC1)C(=O)c1ccc(F)c(F)c1F. The fourth-order valence-electron chi connectivity index (χ4n) is 2.30. The summed E-state index contributed by atoms with van der Waals surface area (Å²) in [6.07, 6.45) is 1.66. The lowest BCUT2D eigenvalue weighted by Gasteiger charge is -2.27. The van der Waals surface area contributed by atoms with Gasteiger partial charge < -0.3 is 9.64 Å². The van der Waals surface area contributed by atoms with E-state index in [2.05, 4.69) is 0 Å². The van der Waals surface area contributed by atoms with Crippen molar-refractivity contribution in [2.24, 2.45) is 5.92 Å².